The average Bonchev–Trinajstić information content (AvgIpc) is 3.42. The number of hydrogen-bond donors (Lipinski definition) is 1. The fourth-order valence-corrected chi connectivity index (χ4v) is 5.40. The van der Waals surface area contributed by atoms with E-state index in [1.165, 1.54) is 4.90 Å². The molecule has 3 aromatic carbocycles. The monoisotopic (exact) mass is 502 g/mol. The lowest BCUT2D eigenvalue weighted by molar-refractivity contribution is -0.121. The van der Waals surface area contributed by atoms with Crippen LogP contribution in [0, 0.1) is 12.3 Å². The van der Waals surface area contributed by atoms with E-state index >= 15 is 0 Å². The van der Waals surface area contributed by atoms with Gasteiger partial charge in [0.05, 0.1) is 17.4 Å². The standard InChI is InChI=1S/C27H23ClN4O2S/c1-17-7-9-18(10-8-17)22-15-23(19-11-13-20(28)14-12-19)32(30-22)27(29)35-24-16-25(33)31(26(24)34)21-5-3-2-4-6-21/h2-14,23-24,29H,15-16H2,1H3/t23-,24+/m1/s1. The van der Waals surface area contributed by atoms with Gasteiger partial charge in [0.2, 0.25) is 11.8 Å². The van der Waals surface area contributed by atoms with Crippen molar-refractivity contribution in [1.82, 2.24) is 5.01 Å². The molecule has 2 aliphatic rings. The highest BCUT2D eigenvalue weighted by Gasteiger charge is 2.42. The third-order valence-corrected chi connectivity index (χ3v) is 7.45. The lowest BCUT2D eigenvalue weighted by Crippen LogP contribution is -2.32. The van der Waals surface area contributed by atoms with Crippen LogP contribution in [0.15, 0.2) is 84.0 Å². The molecule has 2 aliphatic heterocycles. The Kier molecular flexibility index (Phi) is 6.45. The molecule has 0 aromatic heterocycles. The zero-order valence-electron chi connectivity index (χ0n) is 19.0. The summed E-state index contributed by atoms with van der Waals surface area (Å²) in [7, 11) is 0. The van der Waals surface area contributed by atoms with Crippen LogP contribution in [0.25, 0.3) is 0 Å². The minimum atomic E-state index is -0.667. The summed E-state index contributed by atoms with van der Waals surface area (Å²) < 4.78 is 0. The number of nitrogens with zero attached hydrogens (tertiary/aromatic N) is 3. The molecule has 2 heterocycles. The molecule has 0 spiro atoms. The van der Waals surface area contributed by atoms with Gasteiger partial charge in [-0.1, -0.05) is 83.5 Å². The molecule has 6 nitrogen and oxygen atoms in total. The number of aryl methyl sites for hydroxylation is 1. The zero-order valence-corrected chi connectivity index (χ0v) is 20.6. The van der Waals surface area contributed by atoms with Crippen molar-refractivity contribution >= 4 is 51.7 Å². The van der Waals surface area contributed by atoms with Crippen molar-refractivity contribution in [3.8, 4) is 0 Å². The molecular weight excluding hydrogens is 480 g/mol. The van der Waals surface area contributed by atoms with Crippen molar-refractivity contribution in [1.29, 1.82) is 5.41 Å². The SMILES string of the molecule is Cc1ccc(C2=NN(C(=N)S[C@H]3CC(=O)N(c4ccccc4)C3=O)[C@@H](c3ccc(Cl)cc3)C2)cc1. The minimum Gasteiger partial charge on any atom is -0.277 e. The van der Waals surface area contributed by atoms with Crippen molar-refractivity contribution in [3.05, 3.63) is 101 Å². The van der Waals surface area contributed by atoms with Crippen molar-refractivity contribution in [2.75, 3.05) is 4.90 Å². The molecule has 0 bridgehead atoms. The van der Waals surface area contributed by atoms with Gasteiger partial charge in [0.1, 0.15) is 5.25 Å². The van der Waals surface area contributed by atoms with Gasteiger partial charge < -0.3 is 0 Å². The number of nitrogens with one attached hydrogen (secondary N) is 1. The van der Waals surface area contributed by atoms with Crippen LogP contribution >= 0.6 is 23.4 Å². The molecule has 5 rings (SSSR count). The van der Waals surface area contributed by atoms with Crippen LogP contribution in [0.1, 0.15) is 35.6 Å². The molecule has 2 amide bonds. The van der Waals surface area contributed by atoms with E-state index in [2.05, 4.69) is 0 Å². The maximum atomic E-state index is 13.1. The van der Waals surface area contributed by atoms with Crippen LogP contribution in [-0.4, -0.2) is 33.0 Å². The van der Waals surface area contributed by atoms with Crippen LogP contribution in [0.4, 0.5) is 5.69 Å². The molecule has 176 valence electrons. The van der Waals surface area contributed by atoms with Gasteiger partial charge in [-0.15, -0.1) is 0 Å². The predicted octanol–water partition coefficient (Wildman–Crippen LogP) is 5.80. The molecule has 3 aromatic rings. The fourth-order valence-electron chi connectivity index (χ4n) is 4.30. The molecule has 1 fully saturated rings. The summed E-state index contributed by atoms with van der Waals surface area (Å²) in [5.74, 6) is -0.563. The van der Waals surface area contributed by atoms with Crippen molar-refractivity contribution < 1.29 is 9.59 Å². The summed E-state index contributed by atoms with van der Waals surface area (Å²) in [4.78, 5) is 27.0. The van der Waals surface area contributed by atoms with Crippen LogP contribution in [0.5, 0.6) is 0 Å². The van der Waals surface area contributed by atoms with Gasteiger partial charge in [0.25, 0.3) is 0 Å². The second kappa shape index (κ2) is 9.68. The Morgan fingerprint density at radius 1 is 0.971 bits per heavy atom. The lowest BCUT2D eigenvalue weighted by atomic mass is 9.98. The topological polar surface area (TPSA) is 76.8 Å². The first-order chi connectivity index (χ1) is 16.9. The first-order valence-corrected chi connectivity index (χ1v) is 12.5. The number of para-hydroxylation sites is 1. The number of amidine groups is 1. The molecule has 35 heavy (non-hydrogen) atoms. The number of halogens is 1. The predicted molar refractivity (Wildman–Crippen MR) is 141 cm³/mol. The molecule has 1 N–H and O–H groups in total. The molecule has 0 aliphatic carbocycles. The van der Waals surface area contributed by atoms with E-state index in [0.29, 0.717) is 17.1 Å². The van der Waals surface area contributed by atoms with Gasteiger partial charge in [0, 0.05) is 17.9 Å². The van der Waals surface area contributed by atoms with Gasteiger partial charge >= 0.3 is 0 Å². The van der Waals surface area contributed by atoms with E-state index < -0.39 is 5.25 Å². The Morgan fingerprint density at radius 3 is 2.34 bits per heavy atom. The molecule has 1 saturated heterocycles. The van der Waals surface area contributed by atoms with E-state index in [-0.39, 0.29) is 29.4 Å². The van der Waals surface area contributed by atoms with Gasteiger partial charge in [-0.3, -0.25) is 15.0 Å². The molecule has 8 heteroatoms. The van der Waals surface area contributed by atoms with E-state index in [1.54, 1.807) is 29.3 Å². The van der Waals surface area contributed by atoms with E-state index in [9.17, 15) is 9.59 Å². The van der Waals surface area contributed by atoms with Crippen LogP contribution < -0.4 is 4.90 Å². The van der Waals surface area contributed by atoms with Crippen LogP contribution in [0.2, 0.25) is 5.02 Å². The highest BCUT2D eigenvalue weighted by atomic mass is 35.5. The lowest BCUT2D eigenvalue weighted by Gasteiger charge is -2.24. The molecule has 0 radical (unpaired) electrons. The van der Waals surface area contributed by atoms with Crippen molar-refractivity contribution in [3.63, 3.8) is 0 Å². The third-order valence-electron chi connectivity index (χ3n) is 6.13. The summed E-state index contributed by atoms with van der Waals surface area (Å²) >= 11 is 7.18. The summed E-state index contributed by atoms with van der Waals surface area (Å²) in [5, 5.41) is 15.4. The second-order valence-corrected chi connectivity index (χ2v) is 10.2. The number of anilines is 1. The van der Waals surface area contributed by atoms with Crippen LogP contribution in [-0.2, 0) is 9.59 Å². The van der Waals surface area contributed by atoms with Crippen molar-refractivity contribution in [2.45, 2.75) is 31.1 Å². The molecular formula is C27H23ClN4O2S. The second-order valence-electron chi connectivity index (χ2n) is 8.55. The summed E-state index contributed by atoms with van der Waals surface area (Å²) in [6.07, 6.45) is 0.663. The molecule has 0 saturated carbocycles. The highest BCUT2D eigenvalue weighted by molar-refractivity contribution is 8.14. The number of carbonyl (C=O) groups is 2. The zero-order chi connectivity index (χ0) is 24.5. The largest absolute Gasteiger partial charge is 0.277 e. The Hall–Kier alpha value is -3.42. The number of hydrazone groups is 1. The molecule has 2 atom stereocenters. The summed E-state index contributed by atoms with van der Waals surface area (Å²) in [6.45, 7) is 2.04. The van der Waals surface area contributed by atoms with Crippen LogP contribution in [0.3, 0.4) is 0 Å². The number of imide groups is 1. The average molecular weight is 503 g/mol. The maximum absolute atomic E-state index is 13.1. The fraction of sp³-hybridized carbons (Fsp3) is 0.185. The summed E-state index contributed by atoms with van der Waals surface area (Å²) in [5.41, 5.74) is 4.56. The first kappa shape index (κ1) is 23.3. The van der Waals surface area contributed by atoms with E-state index in [0.717, 1.165) is 34.2 Å². The van der Waals surface area contributed by atoms with E-state index in [4.69, 9.17) is 22.1 Å². The number of carbonyl (C=O) groups excluding carboxylic acids is 2. The van der Waals surface area contributed by atoms with Gasteiger partial charge in [-0.2, -0.15) is 5.10 Å². The van der Waals surface area contributed by atoms with E-state index in [1.807, 2.05) is 61.5 Å². The number of thioether (sulfide) groups is 1. The first-order valence-electron chi connectivity index (χ1n) is 11.3. The van der Waals surface area contributed by atoms with Gasteiger partial charge in [0.15, 0.2) is 5.17 Å². The minimum absolute atomic E-state index is 0.0504. The maximum Gasteiger partial charge on any atom is 0.247 e. The number of hydrogen-bond acceptors (Lipinski definition) is 5. The Bertz CT molecular complexity index is 1310. The van der Waals surface area contributed by atoms with Gasteiger partial charge in [-0.05, 0) is 42.3 Å². The Labute approximate surface area is 213 Å². The number of rotatable bonds is 4. The molecule has 0 unspecified atom stereocenters. The normalized spacial score (nSPS) is 19.9. The number of amides is 2. The van der Waals surface area contributed by atoms with Crippen molar-refractivity contribution in [2.24, 2.45) is 5.10 Å². The van der Waals surface area contributed by atoms with Gasteiger partial charge in [-0.25, -0.2) is 9.91 Å². The Morgan fingerprint density at radius 2 is 1.66 bits per heavy atom. The summed E-state index contributed by atoms with van der Waals surface area (Å²) in [6, 6.07) is 24.4. The Balaban J connectivity index is 1.40. The number of benzene rings is 3. The highest BCUT2D eigenvalue weighted by Crippen LogP contribution is 2.38. The smallest absolute Gasteiger partial charge is 0.247 e. The quantitative estimate of drug-likeness (QED) is 0.278. The third kappa shape index (κ3) is 4.74.